The summed E-state index contributed by atoms with van der Waals surface area (Å²) in [6.45, 7) is 0. The van der Waals surface area contributed by atoms with E-state index in [0.29, 0.717) is 0 Å². The fraction of sp³-hybridized carbons (Fsp3) is 0. The monoisotopic (exact) mass is 659 g/mol. The highest BCUT2D eigenvalue weighted by atomic mass is 14.8. The molecule has 0 aliphatic heterocycles. The zero-order valence-corrected chi connectivity index (χ0v) is 28.1. The Hall–Kier alpha value is -6.97. The van der Waals surface area contributed by atoms with Gasteiger partial charge in [0.2, 0.25) is 0 Å². The maximum atomic E-state index is 4.85. The summed E-state index contributed by atoms with van der Waals surface area (Å²) >= 11 is 0. The minimum Gasteiger partial charge on any atom is -0.256 e. The molecular weight excluding hydrogens is 631 g/mol. The summed E-state index contributed by atoms with van der Waals surface area (Å²) in [6.07, 6.45) is 5.60. The van der Waals surface area contributed by atoms with E-state index in [-0.39, 0.29) is 0 Å². The Morgan fingerprint density at radius 1 is 0.269 bits per heavy atom. The second-order valence-electron chi connectivity index (χ2n) is 13.6. The zero-order chi connectivity index (χ0) is 34.2. The third-order valence-electron chi connectivity index (χ3n) is 10.7. The molecule has 3 heterocycles. The number of pyridine rings is 3. The molecule has 0 spiro atoms. The van der Waals surface area contributed by atoms with E-state index in [1.165, 1.54) is 75.8 Å². The molecule has 52 heavy (non-hydrogen) atoms. The van der Waals surface area contributed by atoms with Crippen molar-refractivity contribution in [1.29, 1.82) is 0 Å². The van der Waals surface area contributed by atoms with Gasteiger partial charge in [-0.25, -0.2) is 0 Å². The van der Waals surface area contributed by atoms with Gasteiger partial charge in [-0.2, -0.15) is 0 Å². The Kier molecular flexibility index (Phi) is 6.25. The second kappa shape index (κ2) is 11.3. The topological polar surface area (TPSA) is 38.7 Å². The molecule has 0 atom stereocenters. The number of fused-ring (bicyclic) bond motifs is 2. The van der Waals surface area contributed by atoms with Crippen LogP contribution < -0.4 is 0 Å². The molecule has 11 aromatic rings. The molecule has 8 aromatic carbocycles. The summed E-state index contributed by atoms with van der Waals surface area (Å²) in [4.78, 5) is 13.9. The maximum absolute atomic E-state index is 4.85. The minimum absolute atomic E-state index is 0.855. The van der Waals surface area contributed by atoms with Crippen LogP contribution in [-0.2, 0) is 0 Å². The van der Waals surface area contributed by atoms with Crippen molar-refractivity contribution in [2.45, 2.75) is 0 Å². The third-order valence-corrected chi connectivity index (χ3v) is 10.7. The lowest BCUT2D eigenvalue weighted by atomic mass is 9.86. The van der Waals surface area contributed by atoms with Crippen molar-refractivity contribution in [3.05, 3.63) is 176 Å². The van der Waals surface area contributed by atoms with Crippen molar-refractivity contribution >= 4 is 64.6 Å². The van der Waals surface area contributed by atoms with E-state index in [0.717, 1.165) is 33.8 Å². The van der Waals surface area contributed by atoms with Gasteiger partial charge in [0, 0.05) is 35.3 Å². The van der Waals surface area contributed by atoms with E-state index in [1.807, 2.05) is 36.7 Å². The van der Waals surface area contributed by atoms with Gasteiger partial charge in [-0.3, -0.25) is 15.0 Å². The molecule has 3 aromatic heterocycles. The molecule has 0 amide bonds. The largest absolute Gasteiger partial charge is 0.256 e. The summed E-state index contributed by atoms with van der Waals surface area (Å²) in [7, 11) is 0. The molecule has 240 valence electrons. The Labute approximate surface area is 299 Å². The summed E-state index contributed by atoms with van der Waals surface area (Å²) in [5.41, 5.74) is 8.17. The molecule has 0 saturated carbocycles. The Morgan fingerprint density at radius 2 is 0.769 bits per heavy atom. The van der Waals surface area contributed by atoms with Crippen molar-refractivity contribution in [1.82, 2.24) is 15.0 Å². The molecule has 11 rings (SSSR count). The molecule has 0 unspecified atom stereocenters. The van der Waals surface area contributed by atoms with E-state index in [4.69, 9.17) is 4.98 Å². The van der Waals surface area contributed by atoms with Gasteiger partial charge in [-0.15, -0.1) is 0 Å². The SMILES string of the molecule is c1ccc(-c2ccc(-c3ccc(-c4ccc(-c5cc6ccc7cccc8c9cccc%10ccc%11cccc(c(c5)c6c78)c%11c%109)cc4)nc3)cn2)nc1. The standard InChI is InChI=1S/C49H29N3/c1-2-25-50-44(12-1)45-24-22-37(29-52-45)36-21-23-43(51-28-36)31-15-13-30(14-16-31)38-26-35-20-19-34-7-4-10-40-39-9-3-6-32-17-18-33-8-5-11-41(48(33)46(32)39)42(27-38)49(35)47(34)40/h1-29H. The molecule has 0 fully saturated rings. The minimum atomic E-state index is 0.855. The van der Waals surface area contributed by atoms with E-state index < -0.39 is 0 Å². The highest BCUT2D eigenvalue weighted by Crippen LogP contribution is 2.44. The Balaban J connectivity index is 1.03. The van der Waals surface area contributed by atoms with Gasteiger partial charge in [0.25, 0.3) is 0 Å². The van der Waals surface area contributed by atoms with Crippen molar-refractivity contribution in [3.63, 3.8) is 0 Å². The van der Waals surface area contributed by atoms with Gasteiger partial charge in [0.1, 0.15) is 0 Å². The predicted molar refractivity (Wildman–Crippen MR) is 218 cm³/mol. The van der Waals surface area contributed by atoms with Crippen LogP contribution in [0.1, 0.15) is 0 Å². The second-order valence-corrected chi connectivity index (χ2v) is 13.6. The molecule has 0 aliphatic carbocycles. The molecule has 0 aliphatic rings. The van der Waals surface area contributed by atoms with Crippen molar-refractivity contribution in [2.75, 3.05) is 0 Å². The average Bonchev–Trinajstić information content (AvgIpc) is 3.22. The van der Waals surface area contributed by atoms with Crippen molar-refractivity contribution in [2.24, 2.45) is 0 Å². The lowest BCUT2D eigenvalue weighted by molar-refractivity contribution is 1.24. The number of hydrogen-bond donors (Lipinski definition) is 0. The smallest absolute Gasteiger partial charge is 0.0886 e. The molecule has 0 bridgehead atoms. The van der Waals surface area contributed by atoms with Crippen LogP contribution in [0.15, 0.2) is 176 Å². The van der Waals surface area contributed by atoms with Crippen LogP contribution in [0.2, 0.25) is 0 Å². The van der Waals surface area contributed by atoms with Crippen LogP contribution in [0.4, 0.5) is 0 Å². The summed E-state index contributed by atoms with van der Waals surface area (Å²) in [5.74, 6) is 0. The van der Waals surface area contributed by atoms with E-state index in [1.54, 1.807) is 6.20 Å². The highest BCUT2D eigenvalue weighted by Gasteiger charge is 2.16. The number of hydrogen-bond acceptors (Lipinski definition) is 3. The van der Waals surface area contributed by atoms with Gasteiger partial charge < -0.3 is 0 Å². The third kappa shape index (κ3) is 4.43. The van der Waals surface area contributed by atoms with E-state index >= 15 is 0 Å². The van der Waals surface area contributed by atoms with Crippen LogP contribution in [-0.4, -0.2) is 15.0 Å². The van der Waals surface area contributed by atoms with Crippen LogP contribution in [0.5, 0.6) is 0 Å². The lowest BCUT2D eigenvalue weighted by Crippen LogP contribution is -1.90. The Bertz CT molecular complexity index is 3130. The van der Waals surface area contributed by atoms with E-state index in [9.17, 15) is 0 Å². The fourth-order valence-corrected chi connectivity index (χ4v) is 8.25. The summed E-state index contributed by atoms with van der Waals surface area (Å²) in [6, 6.07) is 57.1. The van der Waals surface area contributed by atoms with Crippen LogP contribution in [0.3, 0.4) is 0 Å². The first kappa shape index (κ1) is 28.8. The van der Waals surface area contributed by atoms with Crippen molar-refractivity contribution in [3.8, 4) is 44.9 Å². The number of aromatic nitrogens is 3. The van der Waals surface area contributed by atoms with E-state index in [2.05, 4.69) is 143 Å². The molecule has 0 N–H and O–H groups in total. The first-order chi connectivity index (χ1) is 25.8. The van der Waals surface area contributed by atoms with Gasteiger partial charge in [0.15, 0.2) is 0 Å². The molecule has 0 radical (unpaired) electrons. The van der Waals surface area contributed by atoms with Crippen LogP contribution >= 0.6 is 0 Å². The van der Waals surface area contributed by atoms with Gasteiger partial charge in [-0.1, -0.05) is 121 Å². The maximum Gasteiger partial charge on any atom is 0.0886 e. The van der Waals surface area contributed by atoms with Crippen LogP contribution in [0, 0.1) is 0 Å². The molecule has 3 heteroatoms. The first-order valence-electron chi connectivity index (χ1n) is 17.7. The van der Waals surface area contributed by atoms with Crippen LogP contribution in [0.25, 0.3) is 110 Å². The highest BCUT2D eigenvalue weighted by molar-refractivity contribution is 6.37. The zero-order valence-electron chi connectivity index (χ0n) is 28.1. The Morgan fingerprint density at radius 3 is 1.33 bits per heavy atom. The number of benzene rings is 7. The fourth-order valence-electron chi connectivity index (χ4n) is 8.25. The van der Waals surface area contributed by atoms with Crippen molar-refractivity contribution < 1.29 is 0 Å². The molecule has 0 saturated heterocycles. The van der Waals surface area contributed by atoms with Gasteiger partial charge in [0.05, 0.1) is 17.1 Å². The summed E-state index contributed by atoms with van der Waals surface area (Å²) in [5, 5.41) is 15.5. The summed E-state index contributed by atoms with van der Waals surface area (Å²) < 4.78 is 0. The predicted octanol–water partition coefficient (Wildman–Crippen LogP) is 12.9. The first-order valence-corrected chi connectivity index (χ1v) is 17.7. The normalized spacial score (nSPS) is 11.8. The average molecular weight is 660 g/mol. The molecule has 3 nitrogen and oxygen atoms in total. The number of nitrogens with zero attached hydrogens (tertiary/aromatic N) is 3. The quantitative estimate of drug-likeness (QED) is 0.177. The van der Waals surface area contributed by atoms with Gasteiger partial charge in [-0.05, 0) is 112 Å². The molecular formula is C49H29N3. The number of rotatable bonds is 4. The van der Waals surface area contributed by atoms with Gasteiger partial charge >= 0.3 is 0 Å². The lowest BCUT2D eigenvalue weighted by Gasteiger charge is -2.17.